The molecule has 0 saturated heterocycles. The molecule has 1 atom stereocenters. The van der Waals surface area contributed by atoms with Crippen LogP contribution in [0.1, 0.15) is 56.6 Å². The molecule has 110 valence electrons. The number of hydrogen-bond donors (Lipinski definition) is 2. The predicted octanol–water partition coefficient (Wildman–Crippen LogP) is 3.29. The molecule has 20 heavy (non-hydrogen) atoms. The van der Waals surface area contributed by atoms with Crippen molar-refractivity contribution in [1.82, 2.24) is 0 Å². The van der Waals surface area contributed by atoms with Crippen LogP contribution < -0.4 is 0 Å². The summed E-state index contributed by atoms with van der Waals surface area (Å²) in [5.41, 5.74) is 1.41. The smallest absolute Gasteiger partial charge is 0.314 e. The summed E-state index contributed by atoms with van der Waals surface area (Å²) in [6.45, 7) is 1.79. The number of benzene rings is 1. The van der Waals surface area contributed by atoms with E-state index in [9.17, 15) is 15.0 Å². The maximum atomic E-state index is 11.7. The number of carbonyl (C=O) groups is 1. The van der Waals surface area contributed by atoms with Crippen LogP contribution >= 0.6 is 0 Å². The average Bonchev–Trinajstić information content (AvgIpc) is 2.46. The van der Waals surface area contributed by atoms with Crippen molar-refractivity contribution < 1.29 is 15.0 Å². The van der Waals surface area contributed by atoms with Gasteiger partial charge in [-0.25, -0.2) is 0 Å². The van der Waals surface area contributed by atoms with Gasteiger partial charge in [0.2, 0.25) is 0 Å². The number of hydrogen-bond acceptors (Lipinski definition) is 2. The number of aliphatic hydroxyl groups excluding tert-OH is 1. The van der Waals surface area contributed by atoms with Gasteiger partial charge in [0.05, 0.1) is 11.5 Å². The van der Waals surface area contributed by atoms with E-state index in [0.717, 1.165) is 56.1 Å². The minimum atomic E-state index is -0.686. The van der Waals surface area contributed by atoms with E-state index in [2.05, 4.69) is 0 Å². The van der Waals surface area contributed by atoms with Gasteiger partial charge in [0.25, 0.3) is 0 Å². The normalized spacial score (nSPS) is 19.5. The largest absolute Gasteiger partial charge is 0.481 e. The first-order chi connectivity index (χ1) is 9.54. The standard InChI is InChI=1S/C17H24O3/c1-13(18)5-6-14-7-9-15(10-8-14)17(16(19)20)11-3-2-4-12-17/h7-10,13,18H,2-6,11-12H2,1H3,(H,19,20). The van der Waals surface area contributed by atoms with Crippen LogP contribution in [0.25, 0.3) is 0 Å². The third kappa shape index (κ3) is 3.21. The van der Waals surface area contributed by atoms with E-state index in [1.165, 1.54) is 0 Å². The van der Waals surface area contributed by atoms with Gasteiger partial charge in [-0.3, -0.25) is 4.79 Å². The maximum absolute atomic E-state index is 11.7. The topological polar surface area (TPSA) is 57.5 Å². The Hall–Kier alpha value is -1.35. The monoisotopic (exact) mass is 276 g/mol. The molecule has 0 aliphatic heterocycles. The Bertz CT molecular complexity index is 442. The molecule has 2 rings (SSSR count). The van der Waals surface area contributed by atoms with Crippen molar-refractivity contribution in [2.75, 3.05) is 0 Å². The van der Waals surface area contributed by atoms with Crippen LogP contribution in [-0.2, 0) is 16.6 Å². The van der Waals surface area contributed by atoms with Crippen LogP contribution in [0.4, 0.5) is 0 Å². The van der Waals surface area contributed by atoms with Gasteiger partial charge in [0, 0.05) is 0 Å². The van der Waals surface area contributed by atoms with E-state index in [1.54, 1.807) is 6.92 Å². The number of aliphatic carboxylic acids is 1. The second kappa shape index (κ2) is 6.40. The molecular weight excluding hydrogens is 252 g/mol. The van der Waals surface area contributed by atoms with Crippen LogP contribution in [0.2, 0.25) is 0 Å². The van der Waals surface area contributed by atoms with Crippen molar-refractivity contribution in [2.24, 2.45) is 0 Å². The van der Waals surface area contributed by atoms with Gasteiger partial charge < -0.3 is 10.2 Å². The number of carboxylic acids is 1. The van der Waals surface area contributed by atoms with Gasteiger partial charge in [-0.2, -0.15) is 0 Å². The first kappa shape index (κ1) is 15.0. The van der Waals surface area contributed by atoms with E-state index in [4.69, 9.17) is 0 Å². The zero-order valence-corrected chi connectivity index (χ0v) is 12.1. The highest BCUT2D eigenvalue weighted by Crippen LogP contribution is 2.39. The molecule has 1 saturated carbocycles. The zero-order valence-electron chi connectivity index (χ0n) is 12.1. The van der Waals surface area contributed by atoms with E-state index in [0.29, 0.717) is 0 Å². The van der Waals surface area contributed by atoms with E-state index < -0.39 is 11.4 Å². The molecule has 1 aromatic rings. The quantitative estimate of drug-likeness (QED) is 0.867. The Kier molecular flexibility index (Phi) is 4.81. The third-order valence-corrected chi connectivity index (χ3v) is 4.47. The zero-order chi connectivity index (χ0) is 14.6. The molecule has 0 spiro atoms. The molecule has 1 fully saturated rings. The average molecular weight is 276 g/mol. The molecule has 0 heterocycles. The van der Waals surface area contributed by atoms with Gasteiger partial charge in [0.15, 0.2) is 0 Å². The molecule has 0 aromatic heterocycles. The first-order valence-electron chi connectivity index (χ1n) is 7.55. The molecule has 1 aliphatic rings. The van der Waals surface area contributed by atoms with Crippen LogP contribution in [0.3, 0.4) is 0 Å². The second-order valence-electron chi connectivity index (χ2n) is 6.03. The highest BCUT2D eigenvalue weighted by molar-refractivity contribution is 5.81. The highest BCUT2D eigenvalue weighted by atomic mass is 16.4. The van der Waals surface area contributed by atoms with Gasteiger partial charge in [-0.1, -0.05) is 43.5 Å². The lowest BCUT2D eigenvalue weighted by Gasteiger charge is -2.33. The molecule has 1 unspecified atom stereocenters. The number of aryl methyl sites for hydroxylation is 1. The maximum Gasteiger partial charge on any atom is 0.314 e. The Labute approximate surface area is 120 Å². The lowest BCUT2D eigenvalue weighted by Crippen LogP contribution is -2.37. The number of carboxylic acid groups (broad SMARTS) is 1. The first-order valence-corrected chi connectivity index (χ1v) is 7.55. The van der Waals surface area contributed by atoms with Crippen molar-refractivity contribution in [2.45, 2.75) is 63.4 Å². The summed E-state index contributed by atoms with van der Waals surface area (Å²) in [6, 6.07) is 7.96. The van der Waals surface area contributed by atoms with Crippen molar-refractivity contribution in [3.8, 4) is 0 Å². The minimum absolute atomic E-state index is 0.293. The van der Waals surface area contributed by atoms with E-state index in [-0.39, 0.29) is 6.10 Å². The third-order valence-electron chi connectivity index (χ3n) is 4.47. The molecule has 0 bridgehead atoms. The molecule has 3 nitrogen and oxygen atoms in total. The lowest BCUT2D eigenvalue weighted by atomic mass is 9.69. The molecule has 1 aromatic carbocycles. The summed E-state index contributed by atoms with van der Waals surface area (Å²) in [7, 11) is 0. The molecule has 1 aliphatic carbocycles. The van der Waals surface area contributed by atoms with E-state index in [1.807, 2.05) is 24.3 Å². The summed E-state index contributed by atoms with van der Waals surface area (Å²) in [5.74, 6) is -0.686. The summed E-state index contributed by atoms with van der Waals surface area (Å²) in [6.07, 6.45) is 5.90. The second-order valence-corrected chi connectivity index (χ2v) is 6.03. The number of rotatable bonds is 5. The van der Waals surface area contributed by atoms with Crippen molar-refractivity contribution in [3.63, 3.8) is 0 Å². The van der Waals surface area contributed by atoms with Crippen LogP contribution in [0.5, 0.6) is 0 Å². The van der Waals surface area contributed by atoms with Crippen LogP contribution in [-0.4, -0.2) is 22.3 Å². The molecular formula is C17H24O3. The Balaban J connectivity index is 2.16. The van der Waals surface area contributed by atoms with Crippen molar-refractivity contribution in [3.05, 3.63) is 35.4 Å². The SMILES string of the molecule is CC(O)CCc1ccc(C2(C(=O)O)CCCCC2)cc1. The highest BCUT2D eigenvalue weighted by Gasteiger charge is 2.41. The summed E-state index contributed by atoms with van der Waals surface area (Å²) in [4.78, 5) is 11.7. The molecule has 2 N–H and O–H groups in total. The minimum Gasteiger partial charge on any atom is -0.481 e. The fraction of sp³-hybridized carbons (Fsp3) is 0.588. The summed E-state index contributed by atoms with van der Waals surface area (Å²) in [5, 5.41) is 19.0. The lowest BCUT2D eigenvalue weighted by molar-refractivity contribution is -0.145. The van der Waals surface area contributed by atoms with Gasteiger partial charge >= 0.3 is 5.97 Å². The summed E-state index contributed by atoms with van der Waals surface area (Å²) < 4.78 is 0. The van der Waals surface area contributed by atoms with Crippen molar-refractivity contribution >= 4 is 5.97 Å². The molecule has 3 heteroatoms. The van der Waals surface area contributed by atoms with Crippen molar-refractivity contribution in [1.29, 1.82) is 0 Å². The summed E-state index contributed by atoms with van der Waals surface area (Å²) >= 11 is 0. The Morgan fingerprint density at radius 1 is 1.20 bits per heavy atom. The van der Waals surface area contributed by atoms with Gasteiger partial charge in [-0.05, 0) is 43.7 Å². The van der Waals surface area contributed by atoms with E-state index >= 15 is 0 Å². The molecule has 0 amide bonds. The Morgan fingerprint density at radius 3 is 2.30 bits per heavy atom. The fourth-order valence-electron chi connectivity index (χ4n) is 3.15. The van der Waals surface area contributed by atoms with Crippen LogP contribution in [0.15, 0.2) is 24.3 Å². The number of aliphatic hydroxyl groups is 1. The fourth-order valence-corrected chi connectivity index (χ4v) is 3.15. The van der Waals surface area contributed by atoms with Gasteiger partial charge in [0.1, 0.15) is 0 Å². The Morgan fingerprint density at radius 2 is 1.80 bits per heavy atom. The molecule has 0 radical (unpaired) electrons. The predicted molar refractivity (Wildman–Crippen MR) is 78.8 cm³/mol. The van der Waals surface area contributed by atoms with Crippen LogP contribution in [0, 0.1) is 0 Å². The van der Waals surface area contributed by atoms with Gasteiger partial charge in [-0.15, -0.1) is 0 Å².